The van der Waals surface area contributed by atoms with Gasteiger partial charge in [0.2, 0.25) is 0 Å². The molecule has 128 valence electrons. The predicted molar refractivity (Wildman–Crippen MR) is 83.9 cm³/mol. The highest BCUT2D eigenvalue weighted by Gasteiger charge is 2.32. The van der Waals surface area contributed by atoms with Gasteiger partial charge in [-0.05, 0) is 25.3 Å². The second kappa shape index (κ2) is 8.84. The number of hydrogen-bond acceptors (Lipinski definition) is 3. The van der Waals surface area contributed by atoms with E-state index in [-0.39, 0.29) is 11.7 Å². The Bertz CT molecular complexity index is 511. The Morgan fingerprint density at radius 1 is 1.43 bits per heavy atom. The van der Waals surface area contributed by atoms with Crippen molar-refractivity contribution in [2.45, 2.75) is 25.4 Å². The van der Waals surface area contributed by atoms with Gasteiger partial charge in [-0.2, -0.15) is 0 Å². The Morgan fingerprint density at radius 2 is 2.22 bits per heavy atom. The van der Waals surface area contributed by atoms with Crippen molar-refractivity contribution in [2.75, 3.05) is 33.4 Å². The number of benzene rings is 1. The number of amides is 1. The van der Waals surface area contributed by atoms with Crippen LogP contribution in [0.1, 0.15) is 30.9 Å². The van der Waals surface area contributed by atoms with Gasteiger partial charge in [0.25, 0.3) is 0 Å². The summed E-state index contributed by atoms with van der Waals surface area (Å²) in [5.74, 6) is -0.351. The summed E-state index contributed by atoms with van der Waals surface area (Å²) in [5.41, 5.74) is 0.502. The van der Waals surface area contributed by atoms with E-state index in [1.807, 2.05) is 0 Å². The van der Waals surface area contributed by atoms with Crippen LogP contribution in [0.5, 0.6) is 0 Å². The number of rotatable bonds is 7. The minimum Gasteiger partial charge on any atom is -0.465 e. The number of hydrogen-bond donors (Lipinski definition) is 1. The van der Waals surface area contributed by atoms with E-state index in [1.54, 1.807) is 25.3 Å². The Kier molecular flexibility index (Phi) is 6.80. The summed E-state index contributed by atoms with van der Waals surface area (Å²) < 4.78 is 25.1. The first-order valence-corrected chi connectivity index (χ1v) is 7.96. The summed E-state index contributed by atoms with van der Waals surface area (Å²) >= 11 is 0. The van der Waals surface area contributed by atoms with Gasteiger partial charge in [0.1, 0.15) is 5.82 Å². The monoisotopic (exact) mass is 325 g/mol. The van der Waals surface area contributed by atoms with Crippen molar-refractivity contribution in [1.29, 1.82) is 0 Å². The molecule has 1 aromatic carbocycles. The van der Waals surface area contributed by atoms with Crippen LogP contribution in [0.4, 0.5) is 9.18 Å². The van der Waals surface area contributed by atoms with Crippen molar-refractivity contribution in [1.82, 2.24) is 4.90 Å². The van der Waals surface area contributed by atoms with Crippen molar-refractivity contribution in [3.05, 3.63) is 35.6 Å². The fourth-order valence-electron chi connectivity index (χ4n) is 3.03. The highest BCUT2D eigenvalue weighted by Crippen LogP contribution is 2.34. The van der Waals surface area contributed by atoms with Gasteiger partial charge >= 0.3 is 6.09 Å². The van der Waals surface area contributed by atoms with Crippen LogP contribution >= 0.6 is 0 Å². The van der Waals surface area contributed by atoms with Gasteiger partial charge in [-0.3, -0.25) is 0 Å². The minimum absolute atomic E-state index is 0.0423. The van der Waals surface area contributed by atoms with Gasteiger partial charge in [0, 0.05) is 44.9 Å². The molecule has 1 aliphatic heterocycles. The highest BCUT2D eigenvalue weighted by atomic mass is 19.1. The molecule has 1 aliphatic rings. The zero-order valence-electron chi connectivity index (χ0n) is 13.4. The van der Waals surface area contributed by atoms with E-state index in [4.69, 9.17) is 9.47 Å². The van der Waals surface area contributed by atoms with Gasteiger partial charge in [0.05, 0.1) is 6.10 Å². The number of carbonyl (C=O) groups is 1. The molecular weight excluding hydrogens is 301 g/mol. The van der Waals surface area contributed by atoms with E-state index in [2.05, 4.69) is 0 Å². The van der Waals surface area contributed by atoms with Crippen LogP contribution in [0, 0.1) is 11.7 Å². The Balaban J connectivity index is 2.12. The topological polar surface area (TPSA) is 59.0 Å². The van der Waals surface area contributed by atoms with Crippen molar-refractivity contribution in [2.24, 2.45) is 5.92 Å². The number of nitrogens with zero attached hydrogens (tertiary/aromatic N) is 1. The lowest BCUT2D eigenvalue weighted by Crippen LogP contribution is -2.41. The van der Waals surface area contributed by atoms with Gasteiger partial charge in [-0.1, -0.05) is 18.2 Å². The standard InChI is InChI=1S/C17H24FNO4/c1-22-10-5-11-23-16(14-7-2-3-8-15(14)18)13-6-4-9-19(12-13)17(20)21/h2-3,7-8,13,16H,4-6,9-12H2,1H3,(H,20,21). The molecule has 0 radical (unpaired) electrons. The van der Waals surface area contributed by atoms with E-state index in [1.165, 1.54) is 11.0 Å². The third kappa shape index (κ3) is 4.91. The summed E-state index contributed by atoms with van der Waals surface area (Å²) in [7, 11) is 1.63. The first-order chi connectivity index (χ1) is 11.1. The van der Waals surface area contributed by atoms with Crippen molar-refractivity contribution in [3.8, 4) is 0 Å². The van der Waals surface area contributed by atoms with Crippen molar-refractivity contribution >= 4 is 6.09 Å². The Morgan fingerprint density at radius 3 is 2.91 bits per heavy atom. The predicted octanol–water partition coefficient (Wildman–Crippen LogP) is 3.31. The van der Waals surface area contributed by atoms with Gasteiger partial charge in [-0.15, -0.1) is 0 Å². The summed E-state index contributed by atoms with van der Waals surface area (Å²) in [6.45, 7) is 1.93. The number of ether oxygens (including phenoxy) is 2. The SMILES string of the molecule is COCCCOC(c1ccccc1F)C1CCCN(C(=O)O)C1. The molecule has 1 saturated heterocycles. The maximum atomic E-state index is 14.2. The van der Waals surface area contributed by atoms with Crippen LogP contribution in [-0.4, -0.2) is 49.5 Å². The zero-order valence-corrected chi connectivity index (χ0v) is 13.4. The summed E-state index contributed by atoms with van der Waals surface area (Å²) in [6, 6.07) is 6.56. The number of likely N-dealkylation sites (tertiary alicyclic amines) is 1. The molecule has 1 amide bonds. The van der Waals surface area contributed by atoms with E-state index in [0.717, 1.165) is 19.3 Å². The normalized spacial score (nSPS) is 19.6. The third-order valence-electron chi connectivity index (χ3n) is 4.16. The molecule has 2 rings (SSSR count). The molecule has 1 aromatic rings. The highest BCUT2D eigenvalue weighted by molar-refractivity contribution is 5.65. The van der Waals surface area contributed by atoms with E-state index >= 15 is 0 Å². The molecule has 6 heteroatoms. The van der Waals surface area contributed by atoms with E-state index in [9.17, 15) is 14.3 Å². The van der Waals surface area contributed by atoms with Crippen LogP contribution in [0.2, 0.25) is 0 Å². The number of piperidine rings is 1. The lowest BCUT2D eigenvalue weighted by Gasteiger charge is -2.35. The quantitative estimate of drug-likeness (QED) is 0.781. The zero-order chi connectivity index (χ0) is 16.7. The molecule has 5 nitrogen and oxygen atoms in total. The average Bonchev–Trinajstić information content (AvgIpc) is 2.56. The fraction of sp³-hybridized carbons (Fsp3) is 0.588. The maximum absolute atomic E-state index is 14.2. The van der Waals surface area contributed by atoms with Crippen LogP contribution in [0.3, 0.4) is 0 Å². The van der Waals surface area contributed by atoms with Crippen LogP contribution in [0.25, 0.3) is 0 Å². The van der Waals surface area contributed by atoms with Gasteiger partial charge in [-0.25, -0.2) is 9.18 Å². The van der Waals surface area contributed by atoms with Crippen molar-refractivity contribution < 1.29 is 23.8 Å². The number of methoxy groups -OCH3 is 1. The molecule has 0 spiro atoms. The number of carboxylic acid groups (broad SMARTS) is 1. The molecule has 0 bridgehead atoms. The van der Waals surface area contributed by atoms with Gasteiger partial charge in [0.15, 0.2) is 0 Å². The number of halogens is 1. The molecule has 0 saturated carbocycles. The van der Waals surface area contributed by atoms with E-state index in [0.29, 0.717) is 31.9 Å². The van der Waals surface area contributed by atoms with Crippen LogP contribution in [-0.2, 0) is 9.47 Å². The molecule has 1 heterocycles. The average molecular weight is 325 g/mol. The maximum Gasteiger partial charge on any atom is 0.407 e. The molecule has 1 N–H and O–H groups in total. The molecule has 1 fully saturated rings. The molecule has 2 atom stereocenters. The van der Waals surface area contributed by atoms with Gasteiger partial charge < -0.3 is 19.5 Å². The smallest absolute Gasteiger partial charge is 0.407 e. The first kappa shape index (κ1) is 17.7. The molecule has 0 aromatic heterocycles. The Labute approximate surface area is 136 Å². The Hall–Kier alpha value is -1.66. The molecular formula is C17H24FNO4. The molecule has 23 heavy (non-hydrogen) atoms. The minimum atomic E-state index is -0.929. The molecule has 0 aliphatic carbocycles. The largest absolute Gasteiger partial charge is 0.465 e. The lowest BCUT2D eigenvalue weighted by atomic mass is 9.88. The first-order valence-electron chi connectivity index (χ1n) is 7.96. The van der Waals surface area contributed by atoms with Crippen LogP contribution in [0.15, 0.2) is 24.3 Å². The van der Waals surface area contributed by atoms with E-state index < -0.39 is 12.2 Å². The lowest BCUT2D eigenvalue weighted by molar-refractivity contribution is -0.0210. The summed E-state index contributed by atoms with van der Waals surface area (Å²) in [4.78, 5) is 12.6. The van der Waals surface area contributed by atoms with Crippen LogP contribution < -0.4 is 0 Å². The third-order valence-corrected chi connectivity index (χ3v) is 4.16. The summed E-state index contributed by atoms with van der Waals surface area (Å²) in [6.07, 6.45) is 0.948. The second-order valence-electron chi connectivity index (χ2n) is 5.79. The molecule has 2 unspecified atom stereocenters. The van der Waals surface area contributed by atoms with Crippen molar-refractivity contribution in [3.63, 3.8) is 0 Å². The fourth-order valence-corrected chi connectivity index (χ4v) is 3.03. The summed E-state index contributed by atoms with van der Waals surface area (Å²) in [5, 5.41) is 9.20. The second-order valence-corrected chi connectivity index (χ2v) is 5.79.